The standard InChI is InChI=1S/C12H13BrN2O2/c1-16-6-5-10-11(12(14)15-17-10)8-3-2-4-9(13)7-8/h2-4,7H,5-6H2,1H3,(H2,14,15). The Balaban J connectivity index is 2.39. The Morgan fingerprint density at radius 1 is 1.47 bits per heavy atom. The molecule has 0 fully saturated rings. The number of nitrogens with two attached hydrogens (primary N) is 1. The summed E-state index contributed by atoms with van der Waals surface area (Å²) in [6.45, 7) is 0.579. The van der Waals surface area contributed by atoms with E-state index in [9.17, 15) is 0 Å². The zero-order chi connectivity index (χ0) is 12.3. The molecule has 5 heteroatoms. The van der Waals surface area contributed by atoms with E-state index in [1.165, 1.54) is 0 Å². The molecule has 2 aromatic rings. The normalized spacial score (nSPS) is 10.7. The van der Waals surface area contributed by atoms with Gasteiger partial charge in [0.05, 0.1) is 12.2 Å². The number of rotatable bonds is 4. The van der Waals surface area contributed by atoms with Crippen LogP contribution in [0.4, 0.5) is 5.82 Å². The van der Waals surface area contributed by atoms with Crippen LogP contribution < -0.4 is 5.73 Å². The highest BCUT2D eigenvalue weighted by molar-refractivity contribution is 9.10. The average Bonchev–Trinajstić information content (AvgIpc) is 2.68. The Morgan fingerprint density at radius 2 is 2.29 bits per heavy atom. The van der Waals surface area contributed by atoms with Gasteiger partial charge in [-0.05, 0) is 17.7 Å². The number of hydrogen-bond donors (Lipinski definition) is 1. The predicted molar refractivity (Wildman–Crippen MR) is 69.6 cm³/mol. The number of benzene rings is 1. The van der Waals surface area contributed by atoms with Crippen LogP contribution in [0, 0.1) is 0 Å². The van der Waals surface area contributed by atoms with Crippen molar-refractivity contribution in [1.82, 2.24) is 5.16 Å². The molecule has 0 spiro atoms. The van der Waals surface area contributed by atoms with Crippen LogP contribution in [0.15, 0.2) is 33.3 Å². The maximum atomic E-state index is 5.83. The van der Waals surface area contributed by atoms with Crippen molar-refractivity contribution in [2.24, 2.45) is 0 Å². The highest BCUT2D eigenvalue weighted by Gasteiger charge is 2.15. The summed E-state index contributed by atoms with van der Waals surface area (Å²) in [7, 11) is 1.65. The molecule has 0 bridgehead atoms. The zero-order valence-electron chi connectivity index (χ0n) is 9.44. The molecule has 1 aromatic heterocycles. The minimum absolute atomic E-state index is 0.411. The van der Waals surface area contributed by atoms with E-state index in [4.69, 9.17) is 15.0 Å². The fourth-order valence-corrected chi connectivity index (χ4v) is 2.06. The Labute approximate surface area is 108 Å². The Morgan fingerprint density at radius 3 is 3.00 bits per heavy atom. The number of aromatic nitrogens is 1. The van der Waals surface area contributed by atoms with Crippen molar-refractivity contribution < 1.29 is 9.26 Å². The van der Waals surface area contributed by atoms with Crippen LogP contribution in [-0.2, 0) is 11.2 Å². The highest BCUT2D eigenvalue weighted by atomic mass is 79.9. The van der Waals surface area contributed by atoms with E-state index >= 15 is 0 Å². The van der Waals surface area contributed by atoms with E-state index in [1.54, 1.807) is 7.11 Å². The van der Waals surface area contributed by atoms with Crippen molar-refractivity contribution in [3.8, 4) is 11.1 Å². The summed E-state index contributed by atoms with van der Waals surface area (Å²) < 4.78 is 11.2. The average molecular weight is 297 g/mol. The largest absolute Gasteiger partial charge is 0.384 e. The van der Waals surface area contributed by atoms with Gasteiger partial charge in [0, 0.05) is 18.0 Å². The number of nitrogen functional groups attached to an aromatic ring is 1. The summed E-state index contributed by atoms with van der Waals surface area (Å²) in [5, 5.41) is 3.81. The van der Waals surface area contributed by atoms with Gasteiger partial charge in [-0.3, -0.25) is 0 Å². The monoisotopic (exact) mass is 296 g/mol. The minimum Gasteiger partial charge on any atom is -0.384 e. The molecule has 0 saturated heterocycles. The van der Waals surface area contributed by atoms with E-state index in [1.807, 2.05) is 24.3 Å². The molecular weight excluding hydrogens is 284 g/mol. The molecule has 1 heterocycles. The van der Waals surface area contributed by atoms with Gasteiger partial charge in [-0.25, -0.2) is 0 Å². The molecule has 17 heavy (non-hydrogen) atoms. The fourth-order valence-electron chi connectivity index (χ4n) is 1.66. The van der Waals surface area contributed by atoms with Crippen molar-refractivity contribution in [2.75, 3.05) is 19.5 Å². The lowest BCUT2D eigenvalue weighted by atomic mass is 10.0. The SMILES string of the molecule is COCCc1onc(N)c1-c1cccc(Br)c1. The van der Waals surface area contributed by atoms with Gasteiger partial charge in [-0.15, -0.1) is 0 Å². The molecular formula is C12H13BrN2O2. The van der Waals surface area contributed by atoms with Crippen molar-refractivity contribution in [3.05, 3.63) is 34.5 Å². The maximum absolute atomic E-state index is 5.83. The lowest BCUT2D eigenvalue weighted by molar-refractivity contribution is 0.193. The Hall–Kier alpha value is -1.33. The zero-order valence-corrected chi connectivity index (χ0v) is 11.0. The third-order valence-corrected chi connectivity index (χ3v) is 2.93. The minimum atomic E-state index is 0.411. The van der Waals surface area contributed by atoms with E-state index < -0.39 is 0 Å². The van der Waals surface area contributed by atoms with Gasteiger partial charge in [-0.1, -0.05) is 33.2 Å². The van der Waals surface area contributed by atoms with Crippen LogP contribution in [0.3, 0.4) is 0 Å². The number of anilines is 1. The third kappa shape index (κ3) is 2.68. The number of ether oxygens (including phenoxy) is 1. The number of nitrogens with zero attached hydrogens (tertiary/aromatic N) is 1. The third-order valence-electron chi connectivity index (χ3n) is 2.44. The Bertz CT molecular complexity index is 511. The van der Waals surface area contributed by atoms with Crippen LogP contribution in [0.5, 0.6) is 0 Å². The summed E-state index contributed by atoms with van der Waals surface area (Å²) in [4.78, 5) is 0. The molecule has 4 nitrogen and oxygen atoms in total. The fraction of sp³-hybridized carbons (Fsp3) is 0.250. The van der Waals surface area contributed by atoms with Crippen LogP contribution >= 0.6 is 15.9 Å². The topological polar surface area (TPSA) is 61.3 Å². The summed E-state index contributed by atoms with van der Waals surface area (Å²) >= 11 is 3.43. The molecule has 0 unspecified atom stereocenters. The first-order valence-corrected chi connectivity index (χ1v) is 6.00. The summed E-state index contributed by atoms with van der Waals surface area (Å²) in [5.41, 5.74) is 7.67. The molecule has 0 aliphatic rings. The van der Waals surface area contributed by atoms with Crippen molar-refractivity contribution >= 4 is 21.7 Å². The smallest absolute Gasteiger partial charge is 0.175 e. The molecule has 0 atom stereocenters. The molecule has 0 amide bonds. The van der Waals surface area contributed by atoms with Crippen molar-refractivity contribution in [2.45, 2.75) is 6.42 Å². The van der Waals surface area contributed by atoms with Crippen LogP contribution in [0.2, 0.25) is 0 Å². The number of methoxy groups -OCH3 is 1. The van der Waals surface area contributed by atoms with Gasteiger partial charge >= 0.3 is 0 Å². The van der Waals surface area contributed by atoms with Crippen LogP contribution in [0.25, 0.3) is 11.1 Å². The van der Waals surface area contributed by atoms with Gasteiger partial charge in [0.15, 0.2) is 5.82 Å². The molecule has 2 N–H and O–H groups in total. The number of hydrogen-bond acceptors (Lipinski definition) is 4. The van der Waals surface area contributed by atoms with Gasteiger partial charge in [-0.2, -0.15) is 0 Å². The van der Waals surface area contributed by atoms with Gasteiger partial charge in [0.25, 0.3) is 0 Å². The van der Waals surface area contributed by atoms with Gasteiger partial charge in [0.2, 0.25) is 0 Å². The van der Waals surface area contributed by atoms with E-state index in [-0.39, 0.29) is 0 Å². The first kappa shape index (κ1) is 12.1. The summed E-state index contributed by atoms with van der Waals surface area (Å²) in [5.74, 6) is 1.16. The van der Waals surface area contributed by atoms with E-state index in [2.05, 4.69) is 21.1 Å². The molecule has 0 radical (unpaired) electrons. The first-order chi connectivity index (χ1) is 8.22. The van der Waals surface area contributed by atoms with Crippen molar-refractivity contribution in [3.63, 3.8) is 0 Å². The maximum Gasteiger partial charge on any atom is 0.175 e. The molecule has 2 rings (SSSR count). The number of halogens is 1. The van der Waals surface area contributed by atoms with Crippen LogP contribution in [-0.4, -0.2) is 18.9 Å². The molecule has 0 aliphatic carbocycles. The molecule has 0 aliphatic heterocycles. The lowest BCUT2D eigenvalue weighted by Crippen LogP contribution is -1.96. The summed E-state index contributed by atoms with van der Waals surface area (Å²) in [6, 6.07) is 7.87. The highest BCUT2D eigenvalue weighted by Crippen LogP contribution is 2.31. The van der Waals surface area contributed by atoms with Gasteiger partial charge in [0.1, 0.15) is 5.76 Å². The lowest BCUT2D eigenvalue weighted by Gasteiger charge is -2.02. The molecule has 90 valence electrons. The summed E-state index contributed by atoms with van der Waals surface area (Å²) in [6.07, 6.45) is 0.655. The molecule has 0 saturated carbocycles. The van der Waals surface area contributed by atoms with Crippen LogP contribution in [0.1, 0.15) is 5.76 Å². The second-order valence-corrected chi connectivity index (χ2v) is 4.53. The Kier molecular flexibility index (Phi) is 3.81. The van der Waals surface area contributed by atoms with Gasteiger partial charge < -0.3 is 15.0 Å². The predicted octanol–water partition coefficient (Wildman–Crippen LogP) is 2.88. The molecule has 1 aromatic carbocycles. The van der Waals surface area contributed by atoms with E-state index in [0.29, 0.717) is 18.8 Å². The van der Waals surface area contributed by atoms with Crippen molar-refractivity contribution in [1.29, 1.82) is 0 Å². The second kappa shape index (κ2) is 5.33. The quantitative estimate of drug-likeness (QED) is 0.942. The second-order valence-electron chi connectivity index (χ2n) is 3.62. The van der Waals surface area contributed by atoms with E-state index in [0.717, 1.165) is 21.4 Å². The first-order valence-electron chi connectivity index (χ1n) is 5.21.